The monoisotopic (exact) mass is 411 g/mol. The first-order valence-electron chi connectivity index (χ1n) is 8.87. The number of para-hydroxylation sites is 1. The van der Waals surface area contributed by atoms with Crippen LogP contribution in [0.3, 0.4) is 0 Å². The summed E-state index contributed by atoms with van der Waals surface area (Å²) >= 11 is 0. The molecule has 1 aliphatic heterocycles. The van der Waals surface area contributed by atoms with Crippen LogP contribution >= 0.6 is 0 Å². The van der Waals surface area contributed by atoms with Crippen molar-refractivity contribution in [1.82, 2.24) is 5.43 Å². The molecule has 2 aromatic rings. The van der Waals surface area contributed by atoms with Gasteiger partial charge < -0.3 is 9.47 Å². The van der Waals surface area contributed by atoms with E-state index < -0.39 is 28.4 Å². The summed E-state index contributed by atoms with van der Waals surface area (Å²) in [7, 11) is 0. The van der Waals surface area contributed by atoms with E-state index in [4.69, 9.17) is 9.47 Å². The number of ether oxygens (including phenoxy) is 2. The molecule has 0 bridgehead atoms. The Kier molecular flexibility index (Phi) is 5.77. The Morgan fingerprint density at radius 3 is 2.53 bits per heavy atom. The van der Waals surface area contributed by atoms with E-state index in [-0.39, 0.29) is 29.2 Å². The third-order valence-electron chi connectivity index (χ3n) is 4.02. The molecule has 1 fully saturated rings. The number of rotatable bonds is 6. The number of hydrogen-bond acceptors (Lipinski definition) is 7. The van der Waals surface area contributed by atoms with Crippen LogP contribution in [0.2, 0.25) is 0 Å². The molecule has 1 N–H and O–H groups in total. The van der Waals surface area contributed by atoms with Gasteiger partial charge in [0.15, 0.2) is 5.75 Å². The van der Waals surface area contributed by atoms with E-state index in [0.717, 1.165) is 18.0 Å². The highest BCUT2D eigenvalue weighted by molar-refractivity contribution is 6.31. The molecule has 0 saturated carbocycles. The molecule has 10 nitrogen and oxygen atoms in total. The molecule has 0 spiro atoms. The van der Waals surface area contributed by atoms with Gasteiger partial charge in [0, 0.05) is 13.0 Å². The predicted molar refractivity (Wildman–Crippen MR) is 106 cm³/mol. The van der Waals surface area contributed by atoms with Crippen molar-refractivity contribution in [2.75, 3.05) is 11.6 Å². The Balaban J connectivity index is 2.06. The zero-order valence-corrected chi connectivity index (χ0v) is 16.1. The van der Waals surface area contributed by atoms with Gasteiger partial charge in [0.05, 0.1) is 17.2 Å². The summed E-state index contributed by atoms with van der Waals surface area (Å²) in [5, 5.41) is 12.6. The van der Waals surface area contributed by atoms with Gasteiger partial charge in [0.2, 0.25) is 5.75 Å². The van der Waals surface area contributed by atoms with Crippen LogP contribution in [0.5, 0.6) is 11.5 Å². The van der Waals surface area contributed by atoms with E-state index in [1.54, 1.807) is 37.3 Å². The lowest BCUT2D eigenvalue weighted by Crippen LogP contribution is -2.35. The number of nitrogens with one attached hydrogen (secondary N) is 1. The van der Waals surface area contributed by atoms with Crippen molar-refractivity contribution in [3.05, 3.63) is 63.7 Å². The first-order valence-corrected chi connectivity index (χ1v) is 8.87. The highest BCUT2D eigenvalue weighted by atomic mass is 16.6. The molecule has 0 atom stereocenters. The van der Waals surface area contributed by atoms with Crippen molar-refractivity contribution < 1.29 is 28.8 Å². The number of nitro groups is 1. The lowest BCUT2D eigenvalue weighted by atomic mass is 10.1. The van der Waals surface area contributed by atoms with Crippen LogP contribution in [0, 0.1) is 10.1 Å². The molecule has 0 radical (unpaired) electrons. The number of carbonyl (C=O) groups excluding carboxylic acids is 3. The lowest BCUT2D eigenvalue weighted by Gasteiger charge is -2.14. The average molecular weight is 411 g/mol. The summed E-state index contributed by atoms with van der Waals surface area (Å²) in [6.07, 6.45) is 1.22. The molecule has 3 rings (SSSR count). The Bertz CT molecular complexity index is 1060. The van der Waals surface area contributed by atoms with Gasteiger partial charge in [0.1, 0.15) is 5.57 Å². The Morgan fingerprint density at radius 2 is 1.93 bits per heavy atom. The zero-order valence-electron chi connectivity index (χ0n) is 16.1. The van der Waals surface area contributed by atoms with Gasteiger partial charge in [-0.1, -0.05) is 18.2 Å². The van der Waals surface area contributed by atoms with Gasteiger partial charge in [-0.15, -0.1) is 0 Å². The fraction of sp³-hybridized carbons (Fsp3) is 0.150. The number of anilines is 1. The standard InChI is InChI=1S/C20H17N3O7/c1-3-29-17-11-13(10-16(23(27)28)18(17)30-12(2)24)9-15-19(25)21-22(20(15)26)14-7-5-4-6-8-14/h4-11H,3H2,1-2H3,(H,21,25)/b15-9-. The second-order valence-electron chi connectivity index (χ2n) is 6.13. The Morgan fingerprint density at radius 1 is 1.23 bits per heavy atom. The number of hydrogen-bond donors (Lipinski definition) is 1. The quantitative estimate of drug-likeness (QED) is 0.193. The summed E-state index contributed by atoms with van der Waals surface area (Å²) < 4.78 is 10.3. The van der Waals surface area contributed by atoms with Crippen LogP contribution in [0.4, 0.5) is 11.4 Å². The third kappa shape index (κ3) is 4.12. The minimum Gasteiger partial charge on any atom is -0.490 e. The minimum absolute atomic E-state index is 0.0560. The van der Waals surface area contributed by atoms with Gasteiger partial charge >= 0.3 is 11.7 Å². The largest absolute Gasteiger partial charge is 0.490 e. The van der Waals surface area contributed by atoms with Crippen molar-refractivity contribution >= 4 is 35.2 Å². The van der Waals surface area contributed by atoms with E-state index in [2.05, 4.69) is 5.43 Å². The molecule has 154 valence electrons. The maximum atomic E-state index is 12.7. The first kappa shape index (κ1) is 20.5. The van der Waals surface area contributed by atoms with Gasteiger partial charge in [-0.2, -0.15) is 0 Å². The molecular formula is C20H17N3O7. The van der Waals surface area contributed by atoms with Crippen LogP contribution < -0.4 is 19.9 Å². The zero-order chi connectivity index (χ0) is 21.8. The molecule has 0 unspecified atom stereocenters. The topological polar surface area (TPSA) is 128 Å². The number of amides is 2. The van der Waals surface area contributed by atoms with Crippen LogP contribution in [0.15, 0.2) is 48.0 Å². The second kappa shape index (κ2) is 8.43. The molecule has 10 heteroatoms. The SMILES string of the molecule is CCOc1cc(/C=C2/C(=O)NN(c3ccccc3)C2=O)cc([N+](=O)[O-])c1OC(C)=O. The maximum Gasteiger partial charge on any atom is 0.316 e. The maximum absolute atomic E-state index is 12.7. The molecule has 0 aromatic heterocycles. The number of carbonyl (C=O) groups is 3. The molecule has 1 heterocycles. The number of nitrogens with zero attached hydrogens (tertiary/aromatic N) is 2. The molecule has 2 aromatic carbocycles. The van der Waals surface area contributed by atoms with Gasteiger partial charge in [-0.3, -0.25) is 29.9 Å². The summed E-state index contributed by atoms with van der Waals surface area (Å²) in [5.74, 6) is -2.43. The van der Waals surface area contributed by atoms with Crippen LogP contribution in [0.1, 0.15) is 19.4 Å². The number of esters is 1. The van der Waals surface area contributed by atoms with E-state index >= 15 is 0 Å². The molecule has 1 aliphatic rings. The first-order chi connectivity index (χ1) is 14.3. The highest BCUT2D eigenvalue weighted by Crippen LogP contribution is 2.39. The minimum atomic E-state index is -0.756. The fourth-order valence-corrected chi connectivity index (χ4v) is 2.82. The predicted octanol–water partition coefficient (Wildman–Crippen LogP) is 2.38. The normalized spacial score (nSPS) is 14.6. The van der Waals surface area contributed by atoms with Crippen molar-refractivity contribution in [2.24, 2.45) is 0 Å². The van der Waals surface area contributed by atoms with Crippen molar-refractivity contribution in [2.45, 2.75) is 13.8 Å². The second-order valence-corrected chi connectivity index (χ2v) is 6.13. The summed E-state index contributed by atoms with van der Waals surface area (Å²) in [6, 6.07) is 10.9. The number of benzene rings is 2. The molecule has 1 saturated heterocycles. The summed E-state index contributed by atoms with van der Waals surface area (Å²) in [5.41, 5.74) is 2.33. The van der Waals surface area contributed by atoms with Crippen molar-refractivity contribution in [1.29, 1.82) is 0 Å². The van der Waals surface area contributed by atoms with E-state index in [9.17, 15) is 24.5 Å². The van der Waals surface area contributed by atoms with Crippen molar-refractivity contribution in [3.8, 4) is 11.5 Å². The number of nitro benzene ring substituents is 1. The van der Waals surface area contributed by atoms with Crippen LogP contribution in [-0.2, 0) is 14.4 Å². The molecule has 2 amide bonds. The highest BCUT2D eigenvalue weighted by Gasteiger charge is 2.35. The third-order valence-corrected chi connectivity index (χ3v) is 4.02. The van der Waals surface area contributed by atoms with Gasteiger partial charge in [-0.05, 0) is 36.8 Å². The van der Waals surface area contributed by atoms with Crippen molar-refractivity contribution in [3.63, 3.8) is 0 Å². The Labute approximate surface area is 170 Å². The molecule has 30 heavy (non-hydrogen) atoms. The van der Waals surface area contributed by atoms with Gasteiger partial charge in [0.25, 0.3) is 11.8 Å². The summed E-state index contributed by atoms with van der Waals surface area (Å²) in [6.45, 7) is 2.90. The van der Waals surface area contributed by atoms with Gasteiger partial charge in [-0.25, -0.2) is 5.01 Å². The lowest BCUT2D eigenvalue weighted by molar-refractivity contribution is -0.385. The van der Waals surface area contributed by atoms with Crippen LogP contribution in [0.25, 0.3) is 6.08 Å². The number of hydrazine groups is 1. The Hall–Kier alpha value is -4.21. The van der Waals surface area contributed by atoms with E-state index in [1.807, 2.05) is 0 Å². The molecular weight excluding hydrogens is 394 g/mol. The van der Waals surface area contributed by atoms with E-state index in [0.29, 0.717) is 5.69 Å². The fourth-order valence-electron chi connectivity index (χ4n) is 2.82. The summed E-state index contributed by atoms with van der Waals surface area (Å²) in [4.78, 5) is 47.1. The molecule has 0 aliphatic carbocycles. The smallest absolute Gasteiger partial charge is 0.316 e. The van der Waals surface area contributed by atoms with E-state index in [1.165, 1.54) is 12.1 Å². The average Bonchev–Trinajstić information content (AvgIpc) is 2.98. The van der Waals surface area contributed by atoms with Crippen LogP contribution in [-0.4, -0.2) is 29.3 Å².